The molecular weight excluding hydrogens is 206 g/mol. The van der Waals surface area contributed by atoms with Crippen LogP contribution in [-0.4, -0.2) is 25.2 Å². The SMILES string of the molecule is O=c1ccc2ccccc2n1-c1nn[nH]n1. The predicted octanol–water partition coefficient (Wildman–Crippen LogP) is 0.504. The van der Waals surface area contributed by atoms with Crippen LogP contribution in [0.15, 0.2) is 41.2 Å². The first-order valence-corrected chi connectivity index (χ1v) is 4.71. The number of pyridine rings is 1. The van der Waals surface area contributed by atoms with Crippen molar-refractivity contribution < 1.29 is 0 Å². The zero-order valence-electron chi connectivity index (χ0n) is 8.16. The smallest absolute Gasteiger partial charge is 0.269 e. The number of hydrogen-bond donors (Lipinski definition) is 1. The molecule has 6 heteroatoms. The maximum atomic E-state index is 11.8. The van der Waals surface area contributed by atoms with Crippen molar-refractivity contribution in [3.63, 3.8) is 0 Å². The van der Waals surface area contributed by atoms with Crippen molar-refractivity contribution in [3.05, 3.63) is 46.8 Å². The second kappa shape index (κ2) is 3.27. The Hall–Kier alpha value is -2.50. The second-order valence-electron chi connectivity index (χ2n) is 3.28. The van der Waals surface area contributed by atoms with Gasteiger partial charge in [0, 0.05) is 6.07 Å². The van der Waals surface area contributed by atoms with E-state index in [0.717, 1.165) is 10.9 Å². The molecule has 0 aliphatic heterocycles. The molecule has 78 valence electrons. The fourth-order valence-electron chi connectivity index (χ4n) is 1.64. The molecule has 0 amide bonds. The average molecular weight is 213 g/mol. The number of fused-ring (bicyclic) bond motifs is 1. The van der Waals surface area contributed by atoms with Gasteiger partial charge in [0.15, 0.2) is 0 Å². The summed E-state index contributed by atoms with van der Waals surface area (Å²) in [4.78, 5) is 11.8. The van der Waals surface area contributed by atoms with Crippen molar-refractivity contribution in [1.82, 2.24) is 25.2 Å². The minimum atomic E-state index is -0.180. The second-order valence-corrected chi connectivity index (χ2v) is 3.28. The highest BCUT2D eigenvalue weighted by atomic mass is 16.1. The summed E-state index contributed by atoms with van der Waals surface area (Å²) in [7, 11) is 0. The van der Waals surface area contributed by atoms with E-state index in [-0.39, 0.29) is 11.5 Å². The molecule has 0 atom stereocenters. The molecule has 2 aromatic heterocycles. The Bertz CT molecular complexity index is 686. The summed E-state index contributed by atoms with van der Waals surface area (Å²) in [5.74, 6) is 0.252. The molecule has 3 rings (SSSR count). The van der Waals surface area contributed by atoms with E-state index in [4.69, 9.17) is 0 Å². The third-order valence-electron chi connectivity index (χ3n) is 2.34. The van der Waals surface area contributed by atoms with Gasteiger partial charge >= 0.3 is 0 Å². The number of benzene rings is 1. The highest BCUT2D eigenvalue weighted by molar-refractivity contribution is 5.79. The molecule has 0 bridgehead atoms. The standard InChI is InChI=1S/C10H7N5O/c16-9-6-5-7-3-1-2-4-8(7)15(9)10-11-13-14-12-10/h1-6H,(H,11,12,13,14). The molecule has 0 unspecified atom stereocenters. The van der Waals surface area contributed by atoms with Crippen molar-refractivity contribution in [2.24, 2.45) is 0 Å². The predicted molar refractivity (Wildman–Crippen MR) is 57.3 cm³/mol. The number of aromatic amines is 1. The van der Waals surface area contributed by atoms with Crippen LogP contribution < -0.4 is 5.56 Å². The Morgan fingerprint density at radius 1 is 1.12 bits per heavy atom. The van der Waals surface area contributed by atoms with Crippen LogP contribution >= 0.6 is 0 Å². The molecule has 6 nitrogen and oxygen atoms in total. The van der Waals surface area contributed by atoms with Gasteiger partial charge in [-0.05, 0) is 22.7 Å². The summed E-state index contributed by atoms with van der Waals surface area (Å²) in [5.41, 5.74) is 0.580. The van der Waals surface area contributed by atoms with Gasteiger partial charge in [-0.15, -0.1) is 5.10 Å². The van der Waals surface area contributed by atoms with Crippen molar-refractivity contribution in [1.29, 1.82) is 0 Å². The lowest BCUT2D eigenvalue weighted by molar-refractivity contribution is 0.881. The quantitative estimate of drug-likeness (QED) is 0.638. The van der Waals surface area contributed by atoms with Crippen molar-refractivity contribution >= 4 is 10.9 Å². The third kappa shape index (κ3) is 1.20. The van der Waals surface area contributed by atoms with E-state index in [9.17, 15) is 4.79 Å². The van der Waals surface area contributed by atoms with Gasteiger partial charge in [-0.25, -0.2) is 4.57 Å². The van der Waals surface area contributed by atoms with Gasteiger partial charge in [0.25, 0.3) is 11.5 Å². The number of nitrogens with one attached hydrogen (secondary N) is 1. The van der Waals surface area contributed by atoms with Crippen LogP contribution in [0.1, 0.15) is 0 Å². The van der Waals surface area contributed by atoms with Gasteiger partial charge in [-0.3, -0.25) is 4.79 Å². The van der Waals surface area contributed by atoms with E-state index in [0.29, 0.717) is 0 Å². The molecule has 0 saturated carbocycles. The van der Waals surface area contributed by atoms with E-state index in [1.54, 1.807) is 6.07 Å². The lowest BCUT2D eigenvalue weighted by Gasteiger charge is -2.04. The molecule has 0 fully saturated rings. The normalized spacial score (nSPS) is 10.8. The van der Waals surface area contributed by atoms with Crippen LogP contribution in [0, 0.1) is 0 Å². The minimum Gasteiger partial charge on any atom is -0.269 e. The fourth-order valence-corrected chi connectivity index (χ4v) is 1.64. The van der Waals surface area contributed by atoms with Gasteiger partial charge in [0.2, 0.25) is 0 Å². The fraction of sp³-hybridized carbons (Fsp3) is 0. The van der Waals surface area contributed by atoms with E-state index in [1.165, 1.54) is 10.6 Å². The van der Waals surface area contributed by atoms with Gasteiger partial charge in [0.05, 0.1) is 5.52 Å². The molecule has 0 saturated heterocycles. The molecule has 16 heavy (non-hydrogen) atoms. The van der Waals surface area contributed by atoms with E-state index < -0.39 is 0 Å². The largest absolute Gasteiger partial charge is 0.277 e. The maximum Gasteiger partial charge on any atom is 0.277 e. The van der Waals surface area contributed by atoms with Gasteiger partial charge in [0.1, 0.15) is 0 Å². The summed E-state index contributed by atoms with van der Waals surface area (Å²) in [5, 5.41) is 14.4. The summed E-state index contributed by atoms with van der Waals surface area (Å²) in [6.45, 7) is 0. The van der Waals surface area contributed by atoms with Crippen molar-refractivity contribution in [2.75, 3.05) is 0 Å². The number of tetrazole rings is 1. The molecule has 1 N–H and O–H groups in total. The summed E-state index contributed by atoms with van der Waals surface area (Å²) >= 11 is 0. The van der Waals surface area contributed by atoms with Crippen LogP contribution in [0.25, 0.3) is 16.9 Å². The summed E-state index contributed by atoms with van der Waals surface area (Å²) < 4.78 is 1.42. The molecule has 1 aromatic carbocycles. The van der Waals surface area contributed by atoms with Crippen LogP contribution in [0.4, 0.5) is 0 Å². The minimum absolute atomic E-state index is 0.180. The first-order valence-electron chi connectivity index (χ1n) is 4.71. The van der Waals surface area contributed by atoms with Crippen LogP contribution in [0.5, 0.6) is 0 Å². The topological polar surface area (TPSA) is 76.5 Å². The van der Waals surface area contributed by atoms with E-state index >= 15 is 0 Å². The van der Waals surface area contributed by atoms with E-state index in [1.807, 2.05) is 24.3 Å². The summed E-state index contributed by atoms with van der Waals surface area (Å²) in [6, 6.07) is 10.8. The average Bonchev–Trinajstić information content (AvgIpc) is 2.82. The van der Waals surface area contributed by atoms with Crippen LogP contribution in [0.3, 0.4) is 0 Å². The molecule has 0 radical (unpaired) electrons. The Balaban J connectivity index is 2.47. The molecule has 0 spiro atoms. The molecular formula is C10H7N5O. The van der Waals surface area contributed by atoms with E-state index in [2.05, 4.69) is 20.6 Å². The highest BCUT2D eigenvalue weighted by Gasteiger charge is 2.07. The molecule has 3 aromatic rings. The first-order chi connectivity index (χ1) is 7.86. The highest BCUT2D eigenvalue weighted by Crippen LogP contribution is 2.12. The number of aromatic nitrogens is 5. The maximum absolute atomic E-state index is 11.8. The monoisotopic (exact) mass is 213 g/mol. The number of rotatable bonds is 1. The Kier molecular flexibility index (Phi) is 1.79. The first kappa shape index (κ1) is 8.78. The molecule has 2 heterocycles. The summed E-state index contributed by atoms with van der Waals surface area (Å²) in [6.07, 6.45) is 0. The number of para-hydroxylation sites is 1. The number of H-pyrrole nitrogens is 1. The van der Waals surface area contributed by atoms with Gasteiger partial charge < -0.3 is 0 Å². The Labute approximate surface area is 89.5 Å². The Morgan fingerprint density at radius 3 is 2.81 bits per heavy atom. The Morgan fingerprint density at radius 2 is 2.00 bits per heavy atom. The number of hydrogen-bond acceptors (Lipinski definition) is 4. The zero-order valence-corrected chi connectivity index (χ0v) is 8.16. The molecule has 0 aliphatic rings. The van der Waals surface area contributed by atoms with Crippen molar-refractivity contribution in [2.45, 2.75) is 0 Å². The number of nitrogens with zero attached hydrogens (tertiary/aromatic N) is 4. The van der Waals surface area contributed by atoms with Gasteiger partial charge in [-0.1, -0.05) is 23.3 Å². The lowest BCUT2D eigenvalue weighted by atomic mass is 10.2. The van der Waals surface area contributed by atoms with Crippen molar-refractivity contribution in [3.8, 4) is 5.95 Å². The van der Waals surface area contributed by atoms with Crippen LogP contribution in [-0.2, 0) is 0 Å². The zero-order chi connectivity index (χ0) is 11.0. The molecule has 0 aliphatic carbocycles. The third-order valence-corrected chi connectivity index (χ3v) is 2.34. The van der Waals surface area contributed by atoms with Gasteiger partial charge in [-0.2, -0.15) is 5.21 Å². The van der Waals surface area contributed by atoms with Crippen LogP contribution in [0.2, 0.25) is 0 Å². The lowest BCUT2D eigenvalue weighted by Crippen LogP contribution is -2.18.